The van der Waals surface area contributed by atoms with E-state index in [4.69, 9.17) is 5.21 Å². The van der Waals surface area contributed by atoms with Crippen LogP contribution in [0.2, 0.25) is 0 Å². The Hall–Kier alpha value is -2.49. The minimum absolute atomic E-state index is 0.00253. The molecular weight excluding hydrogens is 376 g/mol. The van der Waals surface area contributed by atoms with Crippen molar-refractivity contribution in [1.29, 1.82) is 0 Å². The zero-order valence-corrected chi connectivity index (χ0v) is 15.0. The molecule has 0 saturated carbocycles. The van der Waals surface area contributed by atoms with Crippen molar-refractivity contribution in [3.8, 4) is 0 Å². The largest absolute Gasteiger partial charge is 0.477 e. The van der Waals surface area contributed by atoms with Gasteiger partial charge in [-0.05, 0) is 17.7 Å². The van der Waals surface area contributed by atoms with Gasteiger partial charge >= 0.3 is 5.97 Å². The molecule has 2 aromatic carbocycles. The van der Waals surface area contributed by atoms with Crippen LogP contribution in [0.25, 0.3) is 0 Å². The second-order valence-electron chi connectivity index (χ2n) is 5.55. The van der Waals surface area contributed by atoms with Gasteiger partial charge in [0, 0.05) is 17.4 Å². The topological polar surface area (TPSA) is 116 Å². The first-order chi connectivity index (χ1) is 12.4. The maximum atomic E-state index is 12.7. The van der Waals surface area contributed by atoms with Gasteiger partial charge in [-0.3, -0.25) is 15.4 Å². The first kappa shape index (κ1) is 18.3. The fourth-order valence-electron chi connectivity index (χ4n) is 2.66. The first-order valence-electron chi connectivity index (χ1n) is 7.62. The number of carboxylic acids is 1. The number of anilines is 1. The number of nitrogens with one attached hydrogen (secondary N) is 2. The van der Waals surface area contributed by atoms with Crippen molar-refractivity contribution in [2.45, 2.75) is 16.6 Å². The lowest BCUT2D eigenvalue weighted by Crippen LogP contribution is -2.25. The zero-order valence-electron chi connectivity index (χ0n) is 13.4. The highest BCUT2D eigenvalue weighted by atomic mass is 32.2. The number of sulfonamides is 1. The van der Waals surface area contributed by atoms with Crippen LogP contribution in [0, 0.1) is 0 Å². The molecule has 0 aliphatic carbocycles. The Morgan fingerprint density at radius 1 is 1.08 bits per heavy atom. The monoisotopic (exact) mass is 392 g/mol. The van der Waals surface area contributed by atoms with Crippen LogP contribution in [0.4, 0.5) is 5.69 Å². The van der Waals surface area contributed by atoms with Gasteiger partial charge in [-0.2, -0.15) is 0 Å². The van der Waals surface area contributed by atoms with Crippen LogP contribution in [-0.4, -0.2) is 24.7 Å². The highest BCUT2D eigenvalue weighted by molar-refractivity contribution is 8.04. The Kier molecular flexibility index (Phi) is 5.21. The van der Waals surface area contributed by atoms with Crippen LogP contribution in [0.3, 0.4) is 0 Å². The minimum atomic E-state index is -4.07. The van der Waals surface area contributed by atoms with Gasteiger partial charge in [-0.1, -0.05) is 42.5 Å². The Bertz CT molecular complexity index is 958. The van der Waals surface area contributed by atoms with Crippen molar-refractivity contribution in [3.63, 3.8) is 0 Å². The van der Waals surface area contributed by atoms with Gasteiger partial charge in [-0.25, -0.2) is 13.2 Å². The highest BCUT2D eigenvalue weighted by Crippen LogP contribution is 2.47. The molecule has 1 atom stereocenters. The number of rotatable bonds is 6. The Labute approximate surface area is 154 Å². The predicted molar refractivity (Wildman–Crippen MR) is 98.2 cm³/mol. The van der Waals surface area contributed by atoms with E-state index in [1.54, 1.807) is 6.07 Å². The molecule has 0 spiro atoms. The standard InChI is InChI=1S/C17H16N2O5S2/c20-17(21)16-13(10-14(25-16)11-6-2-1-3-7-11)19-26(23,24)15-9-5-4-8-12(15)18-22/h1-9,14,18-19,22H,10H2,(H,20,21). The summed E-state index contributed by atoms with van der Waals surface area (Å²) >= 11 is 1.11. The lowest BCUT2D eigenvalue weighted by atomic mass is 10.1. The third-order valence-electron chi connectivity index (χ3n) is 3.84. The molecule has 0 aromatic heterocycles. The van der Waals surface area contributed by atoms with Gasteiger partial charge in [0.15, 0.2) is 0 Å². The third kappa shape index (κ3) is 3.69. The molecule has 9 heteroatoms. The second-order valence-corrected chi connectivity index (χ2v) is 8.41. The van der Waals surface area contributed by atoms with E-state index in [9.17, 15) is 18.3 Å². The van der Waals surface area contributed by atoms with Crippen LogP contribution in [-0.2, 0) is 14.8 Å². The molecule has 7 nitrogen and oxygen atoms in total. The maximum absolute atomic E-state index is 12.7. The Balaban J connectivity index is 1.91. The molecule has 3 rings (SSSR count). The van der Waals surface area contributed by atoms with E-state index in [0.717, 1.165) is 17.3 Å². The van der Waals surface area contributed by atoms with Crippen LogP contribution >= 0.6 is 11.8 Å². The van der Waals surface area contributed by atoms with Crippen molar-refractivity contribution in [2.75, 3.05) is 5.48 Å². The predicted octanol–water partition coefficient (Wildman–Crippen LogP) is 2.94. The quantitative estimate of drug-likeness (QED) is 0.559. The average molecular weight is 392 g/mol. The maximum Gasteiger partial charge on any atom is 0.344 e. The van der Waals surface area contributed by atoms with E-state index in [1.165, 1.54) is 18.2 Å². The van der Waals surface area contributed by atoms with E-state index in [0.29, 0.717) is 0 Å². The summed E-state index contributed by atoms with van der Waals surface area (Å²) in [7, 11) is -4.07. The molecule has 0 radical (unpaired) electrons. The van der Waals surface area contributed by atoms with E-state index in [1.807, 2.05) is 35.8 Å². The summed E-state index contributed by atoms with van der Waals surface area (Å²) < 4.78 is 27.7. The summed E-state index contributed by atoms with van der Waals surface area (Å²) in [5, 5.41) is 18.4. The molecule has 26 heavy (non-hydrogen) atoms. The number of hydrogen-bond donors (Lipinski definition) is 4. The Morgan fingerprint density at radius 3 is 2.38 bits per heavy atom. The van der Waals surface area contributed by atoms with Crippen LogP contribution in [0.1, 0.15) is 17.2 Å². The molecule has 4 N–H and O–H groups in total. The van der Waals surface area contributed by atoms with Gasteiger partial charge in [0.25, 0.3) is 10.0 Å². The first-order valence-corrected chi connectivity index (χ1v) is 9.98. The number of allylic oxidation sites excluding steroid dienone is 1. The van der Waals surface area contributed by atoms with E-state index in [2.05, 4.69) is 4.72 Å². The summed E-state index contributed by atoms with van der Waals surface area (Å²) in [5.74, 6) is -1.18. The lowest BCUT2D eigenvalue weighted by molar-refractivity contribution is -0.131. The van der Waals surface area contributed by atoms with E-state index < -0.39 is 16.0 Å². The fourth-order valence-corrected chi connectivity index (χ4v) is 5.22. The van der Waals surface area contributed by atoms with Gasteiger partial charge in [0.2, 0.25) is 0 Å². The zero-order chi connectivity index (χ0) is 18.7. The van der Waals surface area contributed by atoms with Crippen molar-refractivity contribution >= 4 is 33.4 Å². The SMILES string of the molecule is O=C(O)C1=C(NS(=O)(=O)c2ccccc2NO)CC(c2ccccc2)S1. The summed E-state index contributed by atoms with van der Waals surface area (Å²) in [5.41, 5.74) is 2.89. The third-order valence-corrected chi connectivity index (χ3v) is 6.67. The van der Waals surface area contributed by atoms with Crippen molar-refractivity contribution in [1.82, 2.24) is 4.72 Å². The van der Waals surface area contributed by atoms with Crippen LogP contribution < -0.4 is 10.2 Å². The van der Waals surface area contributed by atoms with Gasteiger partial charge in [0.1, 0.15) is 9.80 Å². The number of benzene rings is 2. The van der Waals surface area contributed by atoms with Gasteiger partial charge in [-0.15, -0.1) is 11.8 Å². The lowest BCUT2D eigenvalue weighted by Gasteiger charge is -2.13. The molecule has 1 heterocycles. The highest BCUT2D eigenvalue weighted by Gasteiger charge is 2.33. The molecule has 1 unspecified atom stereocenters. The van der Waals surface area contributed by atoms with Crippen LogP contribution in [0.5, 0.6) is 0 Å². The number of aliphatic carboxylic acids is 1. The summed E-state index contributed by atoms with van der Waals surface area (Å²) in [6.45, 7) is 0. The minimum Gasteiger partial charge on any atom is -0.477 e. The molecule has 0 saturated heterocycles. The van der Waals surface area contributed by atoms with Gasteiger partial charge in [0.05, 0.1) is 5.69 Å². The van der Waals surface area contributed by atoms with E-state index >= 15 is 0 Å². The second kappa shape index (κ2) is 7.40. The number of carbonyl (C=O) groups is 1. The number of hydrogen-bond acceptors (Lipinski definition) is 6. The smallest absolute Gasteiger partial charge is 0.344 e. The molecule has 2 aromatic rings. The van der Waals surface area contributed by atoms with Crippen molar-refractivity contribution in [3.05, 3.63) is 70.8 Å². The number of thioether (sulfide) groups is 1. The van der Waals surface area contributed by atoms with Crippen LogP contribution in [0.15, 0.2) is 70.1 Å². The summed E-state index contributed by atoms with van der Waals surface area (Å²) in [4.78, 5) is 11.4. The molecule has 1 aliphatic rings. The normalized spacial score (nSPS) is 17.2. The Morgan fingerprint density at radius 2 is 1.73 bits per heavy atom. The molecule has 0 fully saturated rings. The fraction of sp³-hybridized carbons (Fsp3) is 0.118. The summed E-state index contributed by atoms with van der Waals surface area (Å²) in [6.07, 6.45) is 0.240. The van der Waals surface area contributed by atoms with E-state index in [-0.39, 0.29) is 32.9 Å². The number of para-hydroxylation sites is 1. The summed E-state index contributed by atoms with van der Waals surface area (Å²) in [6, 6.07) is 15.1. The van der Waals surface area contributed by atoms with Crippen molar-refractivity contribution in [2.24, 2.45) is 0 Å². The molecule has 0 amide bonds. The molecule has 1 aliphatic heterocycles. The molecular formula is C17H16N2O5S2. The van der Waals surface area contributed by atoms with Crippen molar-refractivity contribution < 1.29 is 23.5 Å². The molecule has 136 valence electrons. The number of carboxylic acid groups (broad SMARTS) is 1. The van der Waals surface area contributed by atoms with Gasteiger partial charge < -0.3 is 5.11 Å². The average Bonchev–Trinajstić information content (AvgIpc) is 3.06. The molecule has 0 bridgehead atoms.